The van der Waals surface area contributed by atoms with Gasteiger partial charge in [0.2, 0.25) is 5.91 Å². The molecule has 0 bridgehead atoms. The number of carbonyl (C=O) groups is 2. The van der Waals surface area contributed by atoms with Gasteiger partial charge in [0.25, 0.3) is 5.91 Å². The monoisotopic (exact) mass is 300 g/mol. The number of hydrogen-bond donors (Lipinski definition) is 1. The molecule has 2 aliphatic rings. The maximum Gasteiger partial charge on any atom is 0.254 e. The van der Waals surface area contributed by atoms with E-state index in [0.717, 1.165) is 31.2 Å². The molecule has 1 aromatic carbocycles. The van der Waals surface area contributed by atoms with E-state index in [-0.39, 0.29) is 17.9 Å². The van der Waals surface area contributed by atoms with Gasteiger partial charge in [0, 0.05) is 18.2 Å². The van der Waals surface area contributed by atoms with E-state index in [1.807, 2.05) is 31.2 Å². The van der Waals surface area contributed by atoms with Crippen LogP contribution in [0.15, 0.2) is 24.3 Å². The third-order valence-electron chi connectivity index (χ3n) is 4.82. The minimum absolute atomic E-state index is 0.0240. The molecule has 1 aliphatic heterocycles. The second-order valence-electron chi connectivity index (χ2n) is 6.51. The number of nitrogens with zero attached hydrogens (tertiary/aromatic N) is 1. The van der Waals surface area contributed by atoms with Crippen LogP contribution >= 0.6 is 0 Å². The Balaban J connectivity index is 1.67. The van der Waals surface area contributed by atoms with Gasteiger partial charge in [0.1, 0.15) is 6.04 Å². The van der Waals surface area contributed by atoms with Crippen LogP contribution in [-0.4, -0.2) is 35.3 Å². The molecule has 4 nitrogen and oxygen atoms in total. The van der Waals surface area contributed by atoms with Crippen molar-refractivity contribution in [1.29, 1.82) is 0 Å². The minimum atomic E-state index is -0.297. The van der Waals surface area contributed by atoms with Crippen LogP contribution in [0, 0.1) is 6.92 Å². The van der Waals surface area contributed by atoms with E-state index in [2.05, 4.69) is 5.32 Å². The largest absolute Gasteiger partial charge is 0.352 e. The van der Waals surface area contributed by atoms with Crippen LogP contribution in [-0.2, 0) is 4.79 Å². The minimum Gasteiger partial charge on any atom is -0.352 e. The van der Waals surface area contributed by atoms with Crippen molar-refractivity contribution in [3.05, 3.63) is 35.4 Å². The Morgan fingerprint density at radius 3 is 2.41 bits per heavy atom. The number of aryl methyl sites for hydroxylation is 1. The van der Waals surface area contributed by atoms with Crippen molar-refractivity contribution in [2.45, 2.75) is 57.5 Å². The van der Waals surface area contributed by atoms with Crippen molar-refractivity contribution in [3.8, 4) is 0 Å². The first-order chi connectivity index (χ1) is 10.6. The van der Waals surface area contributed by atoms with Crippen molar-refractivity contribution in [1.82, 2.24) is 10.2 Å². The lowest BCUT2D eigenvalue weighted by atomic mass is 10.1. The zero-order chi connectivity index (χ0) is 15.5. The lowest BCUT2D eigenvalue weighted by Crippen LogP contribution is -2.48. The second kappa shape index (κ2) is 6.51. The Morgan fingerprint density at radius 1 is 1.05 bits per heavy atom. The summed E-state index contributed by atoms with van der Waals surface area (Å²) in [6.45, 7) is 2.68. The van der Waals surface area contributed by atoms with Gasteiger partial charge in [0.05, 0.1) is 0 Å². The molecular formula is C18H24N2O2. The maximum absolute atomic E-state index is 12.7. The number of hydrogen-bond acceptors (Lipinski definition) is 2. The summed E-state index contributed by atoms with van der Waals surface area (Å²) in [6, 6.07) is 7.59. The van der Waals surface area contributed by atoms with Crippen molar-refractivity contribution < 1.29 is 9.59 Å². The van der Waals surface area contributed by atoms with Crippen LogP contribution < -0.4 is 5.32 Å². The highest BCUT2D eigenvalue weighted by atomic mass is 16.2. The summed E-state index contributed by atoms with van der Waals surface area (Å²) in [4.78, 5) is 26.9. The fourth-order valence-corrected chi connectivity index (χ4v) is 3.51. The van der Waals surface area contributed by atoms with Gasteiger partial charge in [-0.25, -0.2) is 0 Å². The average molecular weight is 300 g/mol. The van der Waals surface area contributed by atoms with Crippen molar-refractivity contribution in [2.24, 2.45) is 0 Å². The molecule has 1 saturated carbocycles. The molecule has 3 rings (SSSR count). The highest BCUT2D eigenvalue weighted by molar-refractivity contribution is 5.98. The summed E-state index contributed by atoms with van der Waals surface area (Å²) >= 11 is 0. The highest BCUT2D eigenvalue weighted by Gasteiger charge is 2.35. The summed E-state index contributed by atoms with van der Waals surface area (Å²) in [5, 5.41) is 3.13. The van der Waals surface area contributed by atoms with Gasteiger partial charge < -0.3 is 10.2 Å². The van der Waals surface area contributed by atoms with E-state index in [1.54, 1.807) is 4.90 Å². The molecule has 118 valence electrons. The highest BCUT2D eigenvalue weighted by Crippen LogP contribution is 2.23. The molecule has 2 amide bonds. The zero-order valence-electron chi connectivity index (χ0n) is 13.2. The van der Waals surface area contributed by atoms with E-state index in [1.165, 1.54) is 12.8 Å². The fraction of sp³-hybridized carbons (Fsp3) is 0.556. The molecule has 1 heterocycles. The summed E-state index contributed by atoms with van der Waals surface area (Å²) in [5.74, 6) is 0.00827. The molecule has 0 spiro atoms. The molecule has 0 aromatic heterocycles. The Hall–Kier alpha value is -1.84. The molecule has 1 aromatic rings. The number of carbonyl (C=O) groups excluding carboxylic acids is 2. The van der Waals surface area contributed by atoms with Gasteiger partial charge >= 0.3 is 0 Å². The molecule has 1 atom stereocenters. The van der Waals surface area contributed by atoms with E-state index in [9.17, 15) is 9.59 Å². The molecule has 0 unspecified atom stereocenters. The van der Waals surface area contributed by atoms with Crippen LogP contribution in [0.2, 0.25) is 0 Å². The second-order valence-corrected chi connectivity index (χ2v) is 6.51. The Bertz CT molecular complexity index is 547. The number of rotatable bonds is 3. The number of benzene rings is 1. The smallest absolute Gasteiger partial charge is 0.254 e. The van der Waals surface area contributed by atoms with Gasteiger partial charge in [-0.2, -0.15) is 0 Å². The van der Waals surface area contributed by atoms with Gasteiger partial charge in [-0.1, -0.05) is 30.5 Å². The van der Waals surface area contributed by atoms with Crippen molar-refractivity contribution in [3.63, 3.8) is 0 Å². The van der Waals surface area contributed by atoms with E-state index in [0.29, 0.717) is 18.2 Å². The first-order valence-electron chi connectivity index (χ1n) is 8.33. The lowest BCUT2D eigenvalue weighted by molar-refractivity contribution is -0.125. The molecule has 4 heteroatoms. The molecule has 1 aliphatic carbocycles. The quantitative estimate of drug-likeness (QED) is 0.933. The number of likely N-dealkylation sites (tertiary alicyclic amines) is 1. The molecule has 22 heavy (non-hydrogen) atoms. The average Bonchev–Trinajstić information content (AvgIpc) is 3.18. The molecular weight excluding hydrogens is 276 g/mol. The van der Waals surface area contributed by atoms with Gasteiger partial charge in [-0.05, 0) is 44.7 Å². The van der Waals surface area contributed by atoms with E-state index < -0.39 is 0 Å². The Labute approximate surface area is 131 Å². The summed E-state index contributed by atoms with van der Waals surface area (Å²) < 4.78 is 0. The molecule has 2 fully saturated rings. The first-order valence-corrected chi connectivity index (χ1v) is 8.33. The topological polar surface area (TPSA) is 49.4 Å². The first kappa shape index (κ1) is 15.1. The normalized spacial score (nSPS) is 22.0. The Kier molecular flexibility index (Phi) is 4.46. The van der Waals surface area contributed by atoms with Crippen LogP contribution in [0.25, 0.3) is 0 Å². The maximum atomic E-state index is 12.7. The van der Waals surface area contributed by atoms with Crippen LogP contribution in [0.4, 0.5) is 0 Å². The zero-order valence-corrected chi connectivity index (χ0v) is 13.2. The lowest BCUT2D eigenvalue weighted by Gasteiger charge is -2.25. The predicted molar refractivity (Wildman–Crippen MR) is 85.6 cm³/mol. The summed E-state index contributed by atoms with van der Waals surface area (Å²) in [7, 11) is 0. The molecule has 1 N–H and O–H groups in total. The van der Waals surface area contributed by atoms with Gasteiger partial charge in [0.15, 0.2) is 0 Å². The Morgan fingerprint density at radius 2 is 1.73 bits per heavy atom. The molecule has 1 saturated heterocycles. The van der Waals surface area contributed by atoms with Crippen molar-refractivity contribution in [2.75, 3.05) is 6.54 Å². The summed E-state index contributed by atoms with van der Waals surface area (Å²) in [5.41, 5.74) is 1.81. The summed E-state index contributed by atoms with van der Waals surface area (Å²) in [6.07, 6.45) is 6.22. The van der Waals surface area contributed by atoms with E-state index in [4.69, 9.17) is 0 Å². The predicted octanol–water partition coefficient (Wildman–Crippen LogP) is 2.66. The van der Waals surface area contributed by atoms with Crippen LogP contribution in [0.3, 0.4) is 0 Å². The van der Waals surface area contributed by atoms with Crippen LogP contribution in [0.1, 0.15) is 54.4 Å². The van der Waals surface area contributed by atoms with Crippen molar-refractivity contribution >= 4 is 11.8 Å². The third kappa shape index (κ3) is 3.16. The van der Waals surface area contributed by atoms with E-state index >= 15 is 0 Å². The number of amides is 2. The fourth-order valence-electron chi connectivity index (χ4n) is 3.51. The third-order valence-corrected chi connectivity index (χ3v) is 4.82. The molecule has 0 radical (unpaired) electrons. The standard InChI is InChI=1S/C18H24N2O2/c1-13-8-10-14(11-9-13)18(22)20-12-4-7-16(20)17(21)19-15-5-2-3-6-15/h8-11,15-16H,2-7,12H2,1H3,(H,19,21)/t16-/m1/s1. The van der Waals surface area contributed by atoms with Gasteiger partial charge in [-0.15, -0.1) is 0 Å². The van der Waals surface area contributed by atoms with Crippen LogP contribution in [0.5, 0.6) is 0 Å². The van der Waals surface area contributed by atoms with Gasteiger partial charge in [-0.3, -0.25) is 9.59 Å². The number of nitrogens with one attached hydrogen (secondary N) is 1. The SMILES string of the molecule is Cc1ccc(C(=O)N2CCC[C@@H]2C(=O)NC2CCCC2)cc1.